The zero-order valence-electron chi connectivity index (χ0n) is 19.2. The molecule has 1 amide bonds. The first-order valence-corrected chi connectivity index (χ1v) is 12.1. The zero-order chi connectivity index (χ0) is 22.5. The fraction of sp³-hybridized carbons (Fsp3) is 0.393. The van der Waals surface area contributed by atoms with Gasteiger partial charge in [-0.3, -0.25) is 9.69 Å². The molecule has 3 aromatic rings. The van der Waals surface area contributed by atoms with E-state index in [0.29, 0.717) is 18.2 Å². The number of piperazine rings is 1. The van der Waals surface area contributed by atoms with Gasteiger partial charge in [-0.1, -0.05) is 30.3 Å². The van der Waals surface area contributed by atoms with E-state index < -0.39 is 0 Å². The Morgan fingerprint density at radius 1 is 1.06 bits per heavy atom. The highest BCUT2D eigenvalue weighted by molar-refractivity contribution is 5.99. The molecule has 2 atom stereocenters. The molecule has 0 radical (unpaired) electrons. The maximum absolute atomic E-state index is 11.5. The number of amides is 1. The number of primary amides is 1. The number of anilines is 1. The Morgan fingerprint density at radius 2 is 1.91 bits per heavy atom. The molecule has 33 heavy (non-hydrogen) atoms. The summed E-state index contributed by atoms with van der Waals surface area (Å²) < 4.78 is 6.06. The van der Waals surface area contributed by atoms with E-state index in [1.165, 1.54) is 46.0 Å². The Balaban J connectivity index is 1.12. The summed E-state index contributed by atoms with van der Waals surface area (Å²) >= 11 is 0. The van der Waals surface area contributed by atoms with Gasteiger partial charge in [0.1, 0.15) is 0 Å². The standard InChI is InChI=1S/C28H31N3O2/c1-18-16-31(25-10-8-20-6-5-19-3-2-4-24(25)27(19)20)14-13-30(18)12-11-26-23-9-7-21(28(29)32)15-22(23)17-33-26/h2-4,7-10,15,18,26H,5-6,11-14,16-17H2,1H3,(H2,29,32)/t18-,26+/m1/s1. The monoisotopic (exact) mass is 441 g/mol. The predicted molar refractivity (Wildman–Crippen MR) is 132 cm³/mol. The van der Waals surface area contributed by atoms with Gasteiger partial charge in [-0.2, -0.15) is 0 Å². The van der Waals surface area contributed by atoms with E-state index in [4.69, 9.17) is 10.5 Å². The molecule has 3 aromatic carbocycles. The average molecular weight is 442 g/mol. The minimum Gasteiger partial charge on any atom is -0.369 e. The molecule has 2 aliphatic heterocycles. The van der Waals surface area contributed by atoms with Crippen LogP contribution in [0.15, 0.2) is 48.5 Å². The Bertz CT molecular complexity index is 1230. The third-order valence-electron chi connectivity index (χ3n) is 7.85. The molecule has 5 nitrogen and oxygen atoms in total. The quantitative estimate of drug-likeness (QED) is 0.644. The van der Waals surface area contributed by atoms with Crippen LogP contribution in [0.4, 0.5) is 5.69 Å². The number of rotatable bonds is 5. The summed E-state index contributed by atoms with van der Waals surface area (Å²) in [5.41, 5.74) is 12.7. The summed E-state index contributed by atoms with van der Waals surface area (Å²) in [6, 6.07) is 17.7. The second-order valence-electron chi connectivity index (χ2n) is 9.78. The highest BCUT2D eigenvalue weighted by atomic mass is 16.5. The summed E-state index contributed by atoms with van der Waals surface area (Å²) in [4.78, 5) is 16.6. The largest absolute Gasteiger partial charge is 0.369 e. The predicted octanol–water partition coefficient (Wildman–Crippen LogP) is 4.21. The summed E-state index contributed by atoms with van der Waals surface area (Å²) in [6.07, 6.45) is 3.42. The lowest BCUT2D eigenvalue weighted by Crippen LogP contribution is -2.52. The minimum absolute atomic E-state index is 0.101. The molecule has 170 valence electrons. The minimum atomic E-state index is -0.381. The molecule has 1 aliphatic carbocycles. The van der Waals surface area contributed by atoms with Crippen molar-refractivity contribution >= 4 is 22.4 Å². The van der Waals surface area contributed by atoms with Crippen LogP contribution in [0.2, 0.25) is 0 Å². The molecule has 6 rings (SSSR count). The highest BCUT2D eigenvalue weighted by Gasteiger charge is 2.29. The number of carbonyl (C=O) groups is 1. The van der Waals surface area contributed by atoms with Crippen LogP contribution >= 0.6 is 0 Å². The van der Waals surface area contributed by atoms with Gasteiger partial charge in [-0.05, 0) is 72.0 Å². The highest BCUT2D eigenvalue weighted by Crippen LogP contribution is 2.38. The lowest BCUT2D eigenvalue weighted by molar-refractivity contribution is 0.0466. The van der Waals surface area contributed by atoms with E-state index >= 15 is 0 Å². The van der Waals surface area contributed by atoms with Gasteiger partial charge in [0.15, 0.2) is 0 Å². The third kappa shape index (κ3) is 3.60. The Kier molecular flexibility index (Phi) is 5.11. The van der Waals surface area contributed by atoms with Crippen LogP contribution in [0.5, 0.6) is 0 Å². The van der Waals surface area contributed by atoms with E-state index in [1.54, 1.807) is 0 Å². The molecule has 3 aliphatic rings. The number of fused-ring (bicyclic) bond motifs is 1. The van der Waals surface area contributed by atoms with E-state index in [9.17, 15) is 4.79 Å². The smallest absolute Gasteiger partial charge is 0.248 e. The van der Waals surface area contributed by atoms with Crippen molar-refractivity contribution in [2.24, 2.45) is 5.73 Å². The molecular formula is C28H31N3O2. The number of hydrogen-bond acceptors (Lipinski definition) is 4. The summed E-state index contributed by atoms with van der Waals surface area (Å²) in [7, 11) is 0. The molecule has 0 spiro atoms. The van der Waals surface area contributed by atoms with Crippen molar-refractivity contribution in [2.45, 2.75) is 44.9 Å². The molecule has 5 heteroatoms. The molecule has 1 saturated heterocycles. The first-order valence-electron chi connectivity index (χ1n) is 12.1. The SMILES string of the molecule is C[C@@H]1CN(c2ccc3c4c(cccc24)CC3)CCN1CC[C@@H]1OCc2cc(C(N)=O)ccc21. The van der Waals surface area contributed by atoms with Crippen LogP contribution in [-0.4, -0.2) is 43.0 Å². The van der Waals surface area contributed by atoms with E-state index in [2.05, 4.69) is 47.1 Å². The molecule has 1 fully saturated rings. The van der Waals surface area contributed by atoms with Gasteiger partial charge in [0.25, 0.3) is 0 Å². The molecule has 0 bridgehead atoms. The van der Waals surface area contributed by atoms with Gasteiger partial charge in [-0.25, -0.2) is 0 Å². The number of carbonyl (C=O) groups excluding carboxylic acids is 1. The normalized spacial score (nSPS) is 22.2. The summed E-state index contributed by atoms with van der Waals surface area (Å²) in [6.45, 7) is 7.07. The van der Waals surface area contributed by atoms with E-state index in [0.717, 1.165) is 38.2 Å². The second kappa shape index (κ2) is 8.15. The third-order valence-corrected chi connectivity index (χ3v) is 7.85. The van der Waals surface area contributed by atoms with Crippen molar-refractivity contribution in [3.63, 3.8) is 0 Å². The maximum Gasteiger partial charge on any atom is 0.248 e. The maximum atomic E-state index is 11.5. The molecule has 2 heterocycles. The van der Waals surface area contributed by atoms with Crippen molar-refractivity contribution in [2.75, 3.05) is 31.1 Å². The van der Waals surface area contributed by atoms with Gasteiger partial charge in [0.05, 0.1) is 12.7 Å². The molecule has 0 unspecified atom stereocenters. The Hall–Kier alpha value is -2.89. The lowest BCUT2D eigenvalue weighted by atomic mass is 9.99. The van der Waals surface area contributed by atoms with E-state index in [-0.39, 0.29) is 12.0 Å². The number of aryl methyl sites for hydroxylation is 2. The number of hydrogen-bond donors (Lipinski definition) is 1. The molecule has 0 aromatic heterocycles. The molecule has 0 saturated carbocycles. The topological polar surface area (TPSA) is 58.8 Å². The van der Waals surface area contributed by atoms with Crippen LogP contribution in [0, 0.1) is 0 Å². The van der Waals surface area contributed by atoms with Crippen molar-refractivity contribution < 1.29 is 9.53 Å². The van der Waals surface area contributed by atoms with Gasteiger partial charge < -0.3 is 15.4 Å². The van der Waals surface area contributed by atoms with Crippen molar-refractivity contribution in [1.82, 2.24) is 4.90 Å². The zero-order valence-corrected chi connectivity index (χ0v) is 19.2. The van der Waals surface area contributed by atoms with Crippen molar-refractivity contribution in [3.8, 4) is 0 Å². The lowest BCUT2D eigenvalue weighted by Gasteiger charge is -2.41. The fourth-order valence-corrected chi connectivity index (χ4v) is 6.05. The van der Waals surface area contributed by atoms with Gasteiger partial charge in [0, 0.05) is 48.9 Å². The van der Waals surface area contributed by atoms with E-state index in [1.807, 2.05) is 18.2 Å². The summed E-state index contributed by atoms with van der Waals surface area (Å²) in [5.74, 6) is -0.381. The first kappa shape index (κ1) is 20.7. The Labute approximate surface area is 195 Å². The van der Waals surface area contributed by atoms with Crippen LogP contribution in [0.25, 0.3) is 10.8 Å². The molecule has 2 N–H and O–H groups in total. The van der Waals surface area contributed by atoms with Crippen LogP contribution in [0.3, 0.4) is 0 Å². The summed E-state index contributed by atoms with van der Waals surface area (Å²) in [5, 5.41) is 2.93. The Morgan fingerprint density at radius 3 is 2.73 bits per heavy atom. The van der Waals surface area contributed by atoms with Crippen LogP contribution < -0.4 is 10.6 Å². The number of benzene rings is 3. The number of nitrogens with two attached hydrogens (primary N) is 1. The second-order valence-corrected chi connectivity index (χ2v) is 9.78. The van der Waals surface area contributed by atoms with Gasteiger partial charge in [0.2, 0.25) is 5.91 Å². The number of nitrogens with zero attached hydrogens (tertiary/aromatic N) is 2. The van der Waals surface area contributed by atoms with Gasteiger partial charge in [-0.15, -0.1) is 0 Å². The van der Waals surface area contributed by atoms with Crippen molar-refractivity contribution in [3.05, 3.63) is 76.3 Å². The number of ether oxygens (including phenoxy) is 1. The van der Waals surface area contributed by atoms with Gasteiger partial charge >= 0.3 is 0 Å². The average Bonchev–Trinajstić information content (AvgIpc) is 3.43. The van der Waals surface area contributed by atoms with Crippen LogP contribution in [0.1, 0.15) is 52.1 Å². The molecular weight excluding hydrogens is 410 g/mol. The first-order chi connectivity index (χ1) is 16.1. The van der Waals surface area contributed by atoms with Crippen LogP contribution in [-0.2, 0) is 24.2 Å². The fourth-order valence-electron chi connectivity index (χ4n) is 6.05. The van der Waals surface area contributed by atoms with Crippen molar-refractivity contribution in [1.29, 1.82) is 0 Å².